The maximum atomic E-state index is 13.4. The molecule has 36 heavy (non-hydrogen) atoms. The molecule has 1 aromatic rings. The molecule has 3 N–H and O–H groups in total. The van der Waals surface area contributed by atoms with Gasteiger partial charge in [0.1, 0.15) is 5.54 Å². The van der Waals surface area contributed by atoms with Gasteiger partial charge in [-0.15, -0.1) is 0 Å². The Kier molecular flexibility index (Phi) is 8.88. The summed E-state index contributed by atoms with van der Waals surface area (Å²) in [7, 11) is 3.16. The van der Waals surface area contributed by atoms with Crippen molar-refractivity contribution in [3.63, 3.8) is 0 Å². The molecule has 3 atom stereocenters. The Balaban J connectivity index is 1.37. The summed E-state index contributed by atoms with van der Waals surface area (Å²) in [5.74, 6) is 1.83. The van der Waals surface area contributed by atoms with E-state index in [1.165, 1.54) is 50.5 Å². The number of guanidine groups is 1. The average Bonchev–Trinajstić information content (AvgIpc) is 3.08. The van der Waals surface area contributed by atoms with Crippen LogP contribution in [-0.4, -0.2) is 48.4 Å². The lowest BCUT2D eigenvalue weighted by Gasteiger charge is -2.35. The lowest BCUT2D eigenvalue weighted by Crippen LogP contribution is -2.45. The van der Waals surface area contributed by atoms with Crippen molar-refractivity contribution in [2.45, 2.75) is 95.1 Å². The van der Waals surface area contributed by atoms with Gasteiger partial charge in [0.25, 0.3) is 11.8 Å². The van der Waals surface area contributed by atoms with Crippen LogP contribution in [0.4, 0.5) is 0 Å². The molecule has 198 valence electrons. The normalized spacial score (nSPS) is 27.1. The van der Waals surface area contributed by atoms with Crippen LogP contribution >= 0.6 is 0 Å². The lowest BCUT2D eigenvalue weighted by atomic mass is 9.75. The van der Waals surface area contributed by atoms with Gasteiger partial charge in [0.15, 0.2) is 11.7 Å². The molecular formula is C28H42N4O4. The van der Waals surface area contributed by atoms with Crippen molar-refractivity contribution in [3.8, 4) is 5.75 Å². The van der Waals surface area contributed by atoms with E-state index >= 15 is 0 Å². The molecule has 8 heteroatoms. The van der Waals surface area contributed by atoms with E-state index in [2.05, 4.69) is 5.32 Å². The Bertz CT molecular complexity index is 945. The minimum absolute atomic E-state index is 0.0322. The number of likely N-dealkylation sites (N-methyl/N-ethyl adjacent to an activating group) is 1. The van der Waals surface area contributed by atoms with Crippen molar-refractivity contribution in [2.24, 2.45) is 22.6 Å². The molecule has 0 aromatic heterocycles. The maximum absolute atomic E-state index is 13.4. The molecule has 0 unspecified atom stereocenters. The highest BCUT2D eigenvalue weighted by atomic mass is 17.2. The minimum atomic E-state index is -0.754. The summed E-state index contributed by atoms with van der Waals surface area (Å²) in [6.45, 7) is 0. The highest BCUT2D eigenvalue weighted by Gasteiger charge is 2.47. The van der Waals surface area contributed by atoms with Gasteiger partial charge >= 0.3 is 0 Å². The number of carbonyl (C=O) groups is 2. The first kappa shape index (κ1) is 26.5. The molecule has 0 saturated heterocycles. The van der Waals surface area contributed by atoms with Crippen molar-refractivity contribution in [3.05, 3.63) is 29.8 Å². The van der Waals surface area contributed by atoms with Crippen LogP contribution in [0.5, 0.6) is 5.75 Å². The molecule has 1 heterocycles. The quantitative estimate of drug-likeness (QED) is 0.363. The van der Waals surface area contributed by atoms with E-state index in [1.54, 1.807) is 31.3 Å². The number of nitrogens with one attached hydrogen (secondary N) is 1. The molecule has 4 rings (SSSR count). The second kappa shape index (κ2) is 12.1. The molecule has 2 amide bonds. The smallest absolute Gasteiger partial charge is 0.257 e. The maximum Gasteiger partial charge on any atom is 0.257 e. The summed E-state index contributed by atoms with van der Waals surface area (Å²) in [6, 6.07) is 7.02. The summed E-state index contributed by atoms with van der Waals surface area (Å²) in [5, 5.41) is 3.20. The molecule has 0 bridgehead atoms. The van der Waals surface area contributed by atoms with E-state index in [-0.39, 0.29) is 17.9 Å². The van der Waals surface area contributed by atoms with E-state index in [1.807, 2.05) is 0 Å². The van der Waals surface area contributed by atoms with Crippen molar-refractivity contribution in [1.29, 1.82) is 0 Å². The van der Waals surface area contributed by atoms with Gasteiger partial charge < -0.3 is 15.9 Å². The Labute approximate surface area is 214 Å². The number of nitrogens with zero attached hydrogens (tertiary/aromatic N) is 2. The predicted molar refractivity (Wildman–Crippen MR) is 139 cm³/mol. The van der Waals surface area contributed by atoms with Gasteiger partial charge in [-0.1, -0.05) is 63.9 Å². The molecule has 0 radical (unpaired) electrons. The fourth-order valence-corrected chi connectivity index (χ4v) is 6.45. The molecule has 0 spiro atoms. The minimum Gasteiger partial charge on any atom is -0.369 e. The van der Waals surface area contributed by atoms with Crippen molar-refractivity contribution < 1.29 is 19.4 Å². The fourth-order valence-electron chi connectivity index (χ4n) is 6.45. The van der Waals surface area contributed by atoms with E-state index in [4.69, 9.17) is 20.5 Å². The number of aliphatic imine (C=N–C) groups is 1. The molecule has 1 aliphatic heterocycles. The number of benzene rings is 1. The highest BCUT2D eigenvalue weighted by molar-refractivity contribution is 6.06. The second-order valence-corrected chi connectivity index (χ2v) is 10.9. The van der Waals surface area contributed by atoms with Crippen LogP contribution in [0.2, 0.25) is 0 Å². The molecule has 2 fully saturated rings. The number of carbonyl (C=O) groups excluding carboxylic acids is 2. The number of nitrogens with two attached hydrogens (primary N) is 1. The predicted octanol–water partition coefficient (Wildman–Crippen LogP) is 4.58. The van der Waals surface area contributed by atoms with Gasteiger partial charge in [0.05, 0.1) is 7.11 Å². The molecule has 1 aromatic carbocycles. The summed E-state index contributed by atoms with van der Waals surface area (Å²) in [5.41, 5.74) is 5.92. The summed E-state index contributed by atoms with van der Waals surface area (Å²) < 4.78 is 0. The number of hydrogen-bond donors (Lipinski definition) is 2. The van der Waals surface area contributed by atoms with Gasteiger partial charge in [-0.3, -0.25) is 14.5 Å². The summed E-state index contributed by atoms with van der Waals surface area (Å²) in [4.78, 5) is 42.3. The third-order valence-electron chi connectivity index (χ3n) is 8.32. The summed E-state index contributed by atoms with van der Waals surface area (Å²) in [6.07, 6.45) is 14.1. The van der Waals surface area contributed by atoms with Crippen LogP contribution in [0.3, 0.4) is 0 Å². The van der Waals surface area contributed by atoms with Gasteiger partial charge in [-0.25, -0.2) is 4.99 Å². The van der Waals surface area contributed by atoms with Crippen LogP contribution in [-0.2, 0) is 9.68 Å². The molecule has 2 aliphatic carbocycles. The Morgan fingerprint density at radius 3 is 2.67 bits per heavy atom. The van der Waals surface area contributed by atoms with Crippen LogP contribution in [0.1, 0.15) is 93.8 Å². The Hall–Kier alpha value is -2.61. The number of amides is 2. The first-order valence-corrected chi connectivity index (χ1v) is 13.7. The standard InChI is InChI=1S/C28H42N4O4/c1-32-26(34)28(31-27(32)29,16-8-12-20-9-4-3-5-10-20)19-21-11-6-14-23(17-21)30-25(33)22-13-7-15-24(18-22)36-35-2/h7,13,15,18,20-21,23H,3-6,8-12,14,16-17,19H2,1-2H3,(H2,29,31)(H,30,33)/t21-,23+,28+/m0/s1. The second-order valence-electron chi connectivity index (χ2n) is 10.9. The fraction of sp³-hybridized carbons (Fsp3) is 0.679. The third kappa shape index (κ3) is 6.38. The lowest BCUT2D eigenvalue weighted by molar-refractivity contribution is -0.178. The van der Waals surface area contributed by atoms with Crippen LogP contribution < -0.4 is 15.9 Å². The van der Waals surface area contributed by atoms with E-state index in [0.717, 1.165) is 44.4 Å². The molecule has 3 aliphatic rings. The van der Waals surface area contributed by atoms with Crippen LogP contribution in [0, 0.1) is 11.8 Å². The van der Waals surface area contributed by atoms with E-state index < -0.39 is 5.54 Å². The molecular weight excluding hydrogens is 456 g/mol. The number of rotatable bonds is 10. The summed E-state index contributed by atoms with van der Waals surface area (Å²) >= 11 is 0. The van der Waals surface area contributed by atoms with E-state index in [9.17, 15) is 9.59 Å². The zero-order chi connectivity index (χ0) is 25.5. The Morgan fingerprint density at radius 1 is 1.17 bits per heavy atom. The monoisotopic (exact) mass is 498 g/mol. The SMILES string of the molecule is COOc1cccc(C(=O)N[C@@H]2CCC[C@H](C[C@@]3(CCCC4CCCCC4)N=C(N)N(C)C3=O)C2)c1. The van der Waals surface area contributed by atoms with Crippen LogP contribution in [0.25, 0.3) is 0 Å². The molecule has 8 nitrogen and oxygen atoms in total. The van der Waals surface area contributed by atoms with Crippen molar-refractivity contribution >= 4 is 17.8 Å². The van der Waals surface area contributed by atoms with Gasteiger partial charge in [-0.05, 0) is 55.7 Å². The zero-order valence-electron chi connectivity index (χ0n) is 21.8. The zero-order valence-corrected chi connectivity index (χ0v) is 21.8. The molecule has 2 saturated carbocycles. The first-order chi connectivity index (χ1) is 17.4. The first-order valence-electron chi connectivity index (χ1n) is 13.7. The average molecular weight is 499 g/mol. The third-order valence-corrected chi connectivity index (χ3v) is 8.32. The topological polar surface area (TPSA) is 106 Å². The van der Waals surface area contributed by atoms with Gasteiger partial charge in [0.2, 0.25) is 0 Å². The largest absolute Gasteiger partial charge is 0.369 e. The van der Waals surface area contributed by atoms with Gasteiger partial charge in [0, 0.05) is 18.7 Å². The van der Waals surface area contributed by atoms with Crippen LogP contribution in [0.15, 0.2) is 29.3 Å². The van der Waals surface area contributed by atoms with Gasteiger partial charge in [-0.2, -0.15) is 4.89 Å². The van der Waals surface area contributed by atoms with Crippen molar-refractivity contribution in [2.75, 3.05) is 14.2 Å². The Morgan fingerprint density at radius 2 is 1.94 bits per heavy atom. The number of hydrogen-bond acceptors (Lipinski definition) is 6. The van der Waals surface area contributed by atoms with Crippen molar-refractivity contribution in [1.82, 2.24) is 10.2 Å². The van der Waals surface area contributed by atoms with E-state index in [0.29, 0.717) is 29.6 Å². The highest BCUT2D eigenvalue weighted by Crippen LogP contribution is 2.39.